The van der Waals surface area contributed by atoms with Gasteiger partial charge in [-0.2, -0.15) is 0 Å². The van der Waals surface area contributed by atoms with Crippen molar-refractivity contribution in [1.82, 2.24) is 20.1 Å². The number of nitrogens with zero attached hydrogens (tertiary/aromatic N) is 5. The number of aldehydes is 1. The lowest BCUT2D eigenvalue weighted by atomic mass is 10.1. The van der Waals surface area contributed by atoms with Crippen LogP contribution in [0, 0.1) is 6.92 Å². The molecule has 208 valence electrons. The quantitative estimate of drug-likeness (QED) is 0.283. The highest BCUT2D eigenvalue weighted by Gasteiger charge is 2.24. The van der Waals surface area contributed by atoms with E-state index >= 15 is 0 Å². The molecule has 1 atom stereocenters. The summed E-state index contributed by atoms with van der Waals surface area (Å²) in [6.45, 7) is 10.2. The first-order valence-corrected chi connectivity index (χ1v) is 13.3. The van der Waals surface area contributed by atoms with Crippen LogP contribution in [-0.2, 0) is 4.79 Å². The molecule has 1 fully saturated rings. The third-order valence-corrected chi connectivity index (χ3v) is 7.05. The summed E-state index contributed by atoms with van der Waals surface area (Å²) in [4.78, 5) is 36.1. The SMILES string of the molecule is CNC(/C=C\N(C)c1ccnc(C)c1/C=C(\C)CN1CCN(c2ccc(C(=O)N(C)C)cc2)CC1C)=C/C=O. The molecule has 0 saturated carbocycles. The average Bonchev–Trinajstić information content (AvgIpc) is 2.92. The molecule has 0 spiro atoms. The van der Waals surface area contributed by atoms with Gasteiger partial charge < -0.3 is 20.0 Å². The molecule has 0 bridgehead atoms. The molecule has 8 nitrogen and oxygen atoms in total. The van der Waals surface area contributed by atoms with Crippen molar-refractivity contribution >= 4 is 29.6 Å². The Morgan fingerprint density at radius 1 is 1.15 bits per heavy atom. The summed E-state index contributed by atoms with van der Waals surface area (Å²) in [5.41, 5.74) is 6.98. The molecule has 8 heteroatoms. The molecule has 0 aliphatic carbocycles. The molecule has 2 aromatic rings. The van der Waals surface area contributed by atoms with Gasteiger partial charge in [-0.25, -0.2) is 0 Å². The van der Waals surface area contributed by atoms with E-state index in [2.05, 4.69) is 52.2 Å². The minimum atomic E-state index is 0.0219. The standard InChI is InChI=1S/C31H42N6O2/c1-23(20-29-25(3)33-15-12-30(29)35(7)16-13-27(32-4)14-19-38)21-36-17-18-37(22-24(36)2)28-10-8-26(9-11-28)31(39)34(5)6/h8-16,19-20,24,32H,17-18,21-22H2,1-7H3/b16-13-,23-20+,27-14+. The zero-order valence-corrected chi connectivity index (χ0v) is 24.3. The fourth-order valence-electron chi connectivity index (χ4n) is 4.77. The number of hydrogen-bond acceptors (Lipinski definition) is 7. The van der Waals surface area contributed by atoms with E-state index in [1.807, 2.05) is 55.5 Å². The van der Waals surface area contributed by atoms with Crippen molar-refractivity contribution < 1.29 is 9.59 Å². The molecule has 1 aliphatic heterocycles. The molecule has 1 N–H and O–H groups in total. The van der Waals surface area contributed by atoms with Gasteiger partial charge in [-0.3, -0.25) is 19.5 Å². The summed E-state index contributed by atoms with van der Waals surface area (Å²) in [5, 5.41) is 3.01. The van der Waals surface area contributed by atoms with Crippen molar-refractivity contribution in [2.45, 2.75) is 26.8 Å². The fourth-order valence-corrected chi connectivity index (χ4v) is 4.77. The number of carbonyl (C=O) groups is 2. The molecular formula is C31H42N6O2. The van der Waals surface area contributed by atoms with Gasteiger partial charge in [0.25, 0.3) is 5.91 Å². The predicted octanol–water partition coefficient (Wildman–Crippen LogP) is 3.96. The number of piperazine rings is 1. The molecule has 39 heavy (non-hydrogen) atoms. The molecule has 1 aromatic carbocycles. The highest BCUT2D eigenvalue weighted by Crippen LogP contribution is 2.26. The second-order valence-corrected chi connectivity index (χ2v) is 10.3. The number of hydrogen-bond donors (Lipinski definition) is 1. The number of aryl methyl sites for hydroxylation is 1. The first-order valence-electron chi connectivity index (χ1n) is 13.3. The summed E-state index contributed by atoms with van der Waals surface area (Å²) < 4.78 is 0. The number of amides is 1. The van der Waals surface area contributed by atoms with Crippen molar-refractivity contribution in [2.24, 2.45) is 0 Å². The van der Waals surface area contributed by atoms with Gasteiger partial charge in [-0.05, 0) is 57.2 Å². The highest BCUT2D eigenvalue weighted by atomic mass is 16.2. The van der Waals surface area contributed by atoms with Crippen molar-refractivity contribution in [3.8, 4) is 0 Å². The van der Waals surface area contributed by atoms with Crippen LogP contribution in [0.15, 0.2) is 66.2 Å². The van der Waals surface area contributed by atoms with E-state index in [0.29, 0.717) is 11.6 Å². The van der Waals surface area contributed by atoms with Gasteiger partial charge in [-0.1, -0.05) is 11.6 Å². The van der Waals surface area contributed by atoms with E-state index in [9.17, 15) is 9.59 Å². The van der Waals surface area contributed by atoms with Gasteiger partial charge in [0.05, 0.1) is 5.69 Å². The van der Waals surface area contributed by atoms with Crippen molar-refractivity contribution in [3.63, 3.8) is 0 Å². The van der Waals surface area contributed by atoms with Crippen LogP contribution in [0.2, 0.25) is 0 Å². The number of nitrogens with one attached hydrogen (secondary N) is 1. The zero-order valence-electron chi connectivity index (χ0n) is 24.3. The molecule has 1 aromatic heterocycles. The Balaban J connectivity index is 1.69. The van der Waals surface area contributed by atoms with Gasteiger partial charge >= 0.3 is 0 Å². The van der Waals surface area contributed by atoms with Crippen molar-refractivity contribution in [1.29, 1.82) is 0 Å². The topological polar surface area (TPSA) is 72.0 Å². The second-order valence-electron chi connectivity index (χ2n) is 10.3. The lowest BCUT2D eigenvalue weighted by Crippen LogP contribution is -2.52. The molecule has 3 rings (SSSR count). The number of rotatable bonds is 10. The molecule has 1 amide bonds. The van der Waals surface area contributed by atoms with Crippen LogP contribution in [-0.4, -0.2) is 87.4 Å². The van der Waals surface area contributed by atoms with Crippen LogP contribution in [0.4, 0.5) is 11.4 Å². The van der Waals surface area contributed by atoms with E-state index in [1.165, 1.54) is 11.6 Å². The van der Waals surface area contributed by atoms with Crippen molar-refractivity contribution in [3.05, 3.63) is 83.0 Å². The van der Waals surface area contributed by atoms with Gasteiger partial charge in [0.15, 0.2) is 0 Å². The Bertz CT molecular complexity index is 1230. The third kappa shape index (κ3) is 7.80. The van der Waals surface area contributed by atoms with Crippen molar-refractivity contribution in [2.75, 3.05) is 64.2 Å². The van der Waals surface area contributed by atoms with Crippen LogP contribution < -0.4 is 15.1 Å². The van der Waals surface area contributed by atoms with E-state index in [-0.39, 0.29) is 5.91 Å². The van der Waals surface area contributed by atoms with Gasteiger partial charge in [0.1, 0.15) is 6.29 Å². The summed E-state index contributed by atoms with van der Waals surface area (Å²) >= 11 is 0. The maximum atomic E-state index is 12.2. The van der Waals surface area contributed by atoms with Crippen LogP contribution in [0.5, 0.6) is 0 Å². The van der Waals surface area contributed by atoms with E-state index in [1.54, 1.807) is 26.0 Å². The van der Waals surface area contributed by atoms with Gasteiger partial charge in [0, 0.05) is 107 Å². The van der Waals surface area contributed by atoms with Crippen LogP contribution in [0.25, 0.3) is 6.08 Å². The molecular weight excluding hydrogens is 488 g/mol. The minimum Gasteiger partial charge on any atom is -0.388 e. The maximum absolute atomic E-state index is 12.2. The highest BCUT2D eigenvalue weighted by molar-refractivity contribution is 5.94. The normalized spacial score (nSPS) is 16.9. The fraction of sp³-hybridized carbons (Fsp3) is 0.387. The summed E-state index contributed by atoms with van der Waals surface area (Å²) in [5.74, 6) is 0.0219. The number of benzene rings is 1. The predicted molar refractivity (Wildman–Crippen MR) is 161 cm³/mol. The molecule has 2 heterocycles. The van der Waals surface area contributed by atoms with E-state index < -0.39 is 0 Å². The number of pyridine rings is 1. The van der Waals surface area contributed by atoms with E-state index in [0.717, 1.165) is 60.8 Å². The van der Waals surface area contributed by atoms with Crippen LogP contribution >= 0.6 is 0 Å². The van der Waals surface area contributed by atoms with Gasteiger partial charge in [0.2, 0.25) is 0 Å². The summed E-state index contributed by atoms with van der Waals surface area (Å²) in [7, 11) is 7.33. The summed E-state index contributed by atoms with van der Waals surface area (Å²) in [6, 6.07) is 10.3. The second kappa shape index (κ2) is 13.8. The van der Waals surface area contributed by atoms with Gasteiger partial charge in [-0.15, -0.1) is 0 Å². The smallest absolute Gasteiger partial charge is 0.253 e. The number of carbonyl (C=O) groups excluding carboxylic acids is 2. The summed E-state index contributed by atoms with van der Waals surface area (Å²) in [6.07, 6.45) is 10.1. The number of allylic oxidation sites excluding steroid dienone is 2. The Morgan fingerprint density at radius 3 is 2.49 bits per heavy atom. The minimum absolute atomic E-state index is 0.0219. The Labute approximate surface area is 233 Å². The monoisotopic (exact) mass is 530 g/mol. The first kappa shape index (κ1) is 29.6. The van der Waals surface area contributed by atoms with Crippen LogP contribution in [0.3, 0.4) is 0 Å². The molecule has 1 saturated heterocycles. The lowest BCUT2D eigenvalue weighted by Gasteiger charge is -2.41. The zero-order chi connectivity index (χ0) is 28.5. The molecule has 1 aliphatic rings. The lowest BCUT2D eigenvalue weighted by molar-refractivity contribution is -0.104. The molecule has 0 radical (unpaired) electrons. The largest absolute Gasteiger partial charge is 0.388 e. The average molecular weight is 531 g/mol. The number of likely N-dealkylation sites (N-methyl/N-ethyl adjacent to an activating group) is 1. The first-order chi connectivity index (χ1) is 18.6. The molecule has 1 unspecified atom stereocenters. The Hall–Kier alpha value is -3.91. The van der Waals surface area contributed by atoms with E-state index in [4.69, 9.17) is 0 Å². The Kier molecular flexibility index (Phi) is 10.5. The van der Waals surface area contributed by atoms with Crippen LogP contribution in [0.1, 0.15) is 35.5 Å². The third-order valence-electron chi connectivity index (χ3n) is 7.05. The number of aromatic nitrogens is 1. The maximum Gasteiger partial charge on any atom is 0.253 e. The number of anilines is 2. The Morgan fingerprint density at radius 2 is 1.87 bits per heavy atom.